The number of hydrogen-bond acceptors (Lipinski definition) is 3. The monoisotopic (exact) mass is 433 g/mol. The minimum absolute atomic E-state index is 0.0278. The van der Waals surface area contributed by atoms with Gasteiger partial charge >= 0.3 is 0 Å². The standard InChI is InChI=1S/C24H36N2O3S/c1-19(2)15-25(16-20(3)4)17-23(27)18-26(22-13-11-21(5)12-14-22)30(28,29)24-9-7-6-8-10-24/h6-14,19-20,23,27H,15-18H2,1-5H3/p+1/t23-/m1/s1. The number of aryl methyl sites for hydroxylation is 1. The van der Waals surface area contributed by atoms with E-state index in [1.165, 1.54) is 9.21 Å². The average Bonchev–Trinajstić information content (AvgIpc) is 2.66. The summed E-state index contributed by atoms with van der Waals surface area (Å²) in [5.41, 5.74) is 1.62. The van der Waals surface area contributed by atoms with Crippen LogP contribution in [0.5, 0.6) is 0 Å². The van der Waals surface area contributed by atoms with E-state index in [0.29, 0.717) is 24.1 Å². The third kappa shape index (κ3) is 7.11. The molecule has 166 valence electrons. The smallest absolute Gasteiger partial charge is 0.264 e. The molecule has 0 saturated carbocycles. The SMILES string of the molecule is Cc1ccc(N(C[C@H](O)C[NH+](CC(C)C)CC(C)C)S(=O)(=O)c2ccccc2)cc1. The Bertz CT molecular complexity index is 855. The second kappa shape index (κ2) is 10.9. The number of nitrogens with one attached hydrogen (secondary N) is 1. The van der Waals surface area contributed by atoms with Crippen LogP contribution in [0.2, 0.25) is 0 Å². The Kier molecular flexibility index (Phi) is 8.89. The van der Waals surface area contributed by atoms with Gasteiger partial charge in [0.25, 0.3) is 10.0 Å². The zero-order valence-corrected chi connectivity index (χ0v) is 19.7. The molecule has 0 heterocycles. The first-order chi connectivity index (χ1) is 14.1. The van der Waals surface area contributed by atoms with Gasteiger partial charge in [0.15, 0.2) is 0 Å². The van der Waals surface area contributed by atoms with E-state index >= 15 is 0 Å². The van der Waals surface area contributed by atoms with E-state index in [4.69, 9.17) is 0 Å². The van der Waals surface area contributed by atoms with Crippen molar-refractivity contribution in [1.82, 2.24) is 0 Å². The maximum Gasteiger partial charge on any atom is 0.264 e. The number of nitrogens with zero attached hydrogens (tertiary/aromatic N) is 1. The molecule has 0 amide bonds. The van der Waals surface area contributed by atoms with Crippen LogP contribution in [0.15, 0.2) is 59.5 Å². The molecule has 0 aromatic heterocycles. The molecule has 0 bridgehead atoms. The lowest BCUT2D eigenvalue weighted by Gasteiger charge is -2.30. The van der Waals surface area contributed by atoms with Gasteiger partial charge in [0.1, 0.15) is 12.6 Å². The van der Waals surface area contributed by atoms with Crippen molar-refractivity contribution in [2.45, 2.75) is 45.6 Å². The first kappa shape index (κ1) is 24.4. The molecule has 5 nitrogen and oxygen atoms in total. The molecule has 0 radical (unpaired) electrons. The highest BCUT2D eigenvalue weighted by atomic mass is 32.2. The molecule has 1 atom stereocenters. The number of benzene rings is 2. The molecule has 30 heavy (non-hydrogen) atoms. The lowest BCUT2D eigenvalue weighted by molar-refractivity contribution is -0.909. The summed E-state index contributed by atoms with van der Waals surface area (Å²) in [7, 11) is -3.78. The van der Waals surface area contributed by atoms with Crippen LogP contribution in [0.1, 0.15) is 33.3 Å². The number of hydrogen-bond donors (Lipinski definition) is 2. The van der Waals surface area contributed by atoms with Crippen LogP contribution in [0.3, 0.4) is 0 Å². The van der Waals surface area contributed by atoms with Gasteiger partial charge in [0, 0.05) is 11.8 Å². The number of aliphatic hydroxyl groups excluding tert-OH is 1. The first-order valence-corrected chi connectivity index (χ1v) is 12.2. The average molecular weight is 434 g/mol. The summed E-state index contributed by atoms with van der Waals surface area (Å²) in [6, 6.07) is 15.8. The summed E-state index contributed by atoms with van der Waals surface area (Å²) in [5.74, 6) is 1.01. The fourth-order valence-corrected chi connectivity index (χ4v) is 5.29. The predicted molar refractivity (Wildman–Crippen MR) is 123 cm³/mol. The summed E-state index contributed by atoms with van der Waals surface area (Å²) in [6.07, 6.45) is -0.766. The highest BCUT2D eigenvalue weighted by Gasteiger charge is 2.29. The number of sulfonamides is 1. The maximum atomic E-state index is 13.4. The van der Waals surface area contributed by atoms with Crippen molar-refractivity contribution in [2.75, 3.05) is 30.5 Å². The van der Waals surface area contributed by atoms with Crippen molar-refractivity contribution < 1.29 is 18.4 Å². The second-order valence-corrected chi connectivity index (χ2v) is 10.9. The number of quaternary nitrogens is 1. The van der Waals surface area contributed by atoms with Crippen molar-refractivity contribution in [3.05, 3.63) is 60.2 Å². The van der Waals surface area contributed by atoms with E-state index < -0.39 is 16.1 Å². The lowest BCUT2D eigenvalue weighted by atomic mass is 10.1. The molecular weight excluding hydrogens is 396 g/mol. The van der Waals surface area contributed by atoms with Gasteiger partial charge in [-0.25, -0.2) is 8.42 Å². The van der Waals surface area contributed by atoms with E-state index in [0.717, 1.165) is 18.7 Å². The minimum atomic E-state index is -3.78. The van der Waals surface area contributed by atoms with E-state index in [1.54, 1.807) is 42.5 Å². The number of anilines is 1. The quantitative estimate of drug-likeness (QED) is 0.573. The zero-order valence-electron chi connectivity index (χ0n) is 18.9. The third-order valence-electron chi connectivity index (χ3n) is 4.95. The fourth-order valence-electron chi connectivity index (χ4n) is 3.77. The van der Waals surface area contributed by atoms with E-state index in [9.17, 15) is 13.5 Å². The summed E-state index contributed by atoms with van der Waals surface area (Å²) in [4.78, 5) is 1.53. The van der Waals surface area contributed by atoms with Crippen LogP contribution < -0.4 is 9.21 Å². The van der Waals surface area contributed by atoms with Crippen LogP contribution in [0, 0.1) is 18.8 Å². The molecule has 2 N–H and O–H groups in total. The Labute approximate surface area is 182 Å². The van der Waals surface area contributed by atoms with Gasteiger partial charge in [-0.3, -0.25) is 4.31 Å². The topological polar surface area (TPSA) is 62.1 Å². The fraction of sp³-hybridized carbons (Fsp3) is 0.500. The van der Waals surface area contributed by atoms with Crippen molar-refractivity contribution in [1.29, 1.82) is 0 Å². The molecule has 2 aromatic carbocycles. The van der Waals surface area contributed by atoms with Crippen molar-refractivity contribution in [3.63, 3.8) is 0 Å². The van der Waals surface area contributed by atoms with Gasteiger partial charge in [0.05, 0.1) is 30.2 Å². The van der Waals surface area contributed by atoms with Gasteiger partial charge in [0.2, 0.25) is 0 Å². The maximum absolute atomic E-state index is 13.4. The van der Waals surface area contributed by atoms with E-state index in [2.05, 4.69) is 27.7 Å². The molecule has 0 aliphatic rings. The number of rotatable bonds is 11. The normalized spacial score (nSPS) is 13.2. The second-order valence-electron chi connectivity index (χ2n) is 8.99. The lowest BCUT2D eigenvalue weighted by Crippen LogP contribution is -3.14. The van der Waals surface area contributed by atoms with Crippen molar-refractivity contribution in [2.24, 2.45) is 11.8 Å². The Hall–Kier alpha value is -1.89. The molecule has 6 heteroatoms. The Morgan fingerprint density at radius 2 is 1.40 bits per heavy atom. The van der Waals surface area contributed by atoms with Crippen LogP contribution in [0.25, 0.3) is 0 Å². The van der Waals surface area contributed by atoms with E-state index in [-0.39, 0.29) is 11.4 Å². The first-order valence-electron chi connectivity index (χ1n) is 10.8. The molecule has 0 unspecified atom stereocenters. The van der Waals surface area contributed by atoms with Crippen LogP contribution in [0.4, 0.5) is 5.69 Å². The number of aliphatic hydroxyl groups is 1. The molecule has 0 aliphatic carbocycles. The predicted octanol–water partition coefficient (Wildman–Crippen LogP) is 2.75. The highest BCUT2D eigenvalue weighted by Crippen LogP contribution is 2.24. The van der Waals surface area contributed by atoms with Crippen LogP contribution in [-0.4, -0.2) is 45.8 Å². The molecule has 0 fully saturated rings. The van der Waals surface area contributed by atoms with Crippen molar-refractivity contribution >= 4 is 15.7 Å². The Morgan fingerprint density at radius 3 is 1.90 bits per heavy atom. The van der Waals surface area contributed by atoms with Gasteiger partial charge in [-0.1, -0.05) is 63.6 Å². The Morgan fingerprint density at radius 1 is 0.867 bits per heavy atom. The molecule has 2 aromatic rings. The van der Waals surface area contributed by atoms with E-state index in [1.807, 2.05) is 19.1 Å². The molecule has 0 saturated heterocycles. The third-order valence-corrected chi connectivity index (χ3v) is 6.76. The van der Waals surface area contributed by atoms with Gasteiger partial charge in [-0.15, -0.1) is 0 Å². The Balaban J connectivity index is 2.29. The minimum Gasteiger partial charge on any atom is -0.385 e. The largest absolute Gasteiger partial charge is 0.385 e. The summed E-state index contributed by atoms with van der Waals surface area (Å²) >= 11 is 0. The molecular formula is C24H37N2O3S+. The van der Waals surface area contributed by atoms with Crippen molar-refractivity contribution in [3.8, 4) is 0 Å². The van der Waals surface area contributed by atoms with Crippen LogP contribution >= 0.6 is 0 Å². The summed E-state index contributed by atoms with van der Waals surface area (Å²) in [5, 5.41) is 10.9. The summed E-state index contributed by atoms with van der Waals surface area (Å²) < 4.78 is 28.1. The molecule has 2 rings (SSSR count). The van der Waals surface area contributed by atoms with Crippen LogP contribution in [-0.2, 0) is 10.0 Å². The molecule has 0 spiro atoms. The van der Waals surface area contributed by atoms with Gasteiger partial charge in [-0.05, 0) is 31.2 Å². The van der Waals surface area contributed by atoms with Gasteiger partial charge in [-0.2, -0.15) is 0 Å². The summed E-state index contributed by atoms with van der Waals surface area (Å²) in [6.45, 7) is 13.1. The highest BCUT2D eigenvalue weighted by molar-refractivity contribution is 7.92. The zero-order chi connectivity index (χ0) is 22.3. The van der Waals surface area contributed by atoms with Gasteiger partial charge < -0.3 is 10.0 Å². The molecule has 0 aliphatic heterocycles.